The summed E-state index contributed by atoms with van der Waals surface area (Å²) in [5, 5.41) is 3.47. The Bertz CT molecular complexity index is 364. The minimum atomic E-state index is 0.699. The number of benzene rings is 1. The molecule has 0 bridgehead atoms. The van der Waals surface area contributed by atoms with Crippen molar-refractivity contribution in [3.8, 4) is 0 Å². The highest BCUT2D eigenvalue weighted by molar-refractivity contribution is 9.10. The van der Waals surface area contributed by atoms with Crippen molar-refractivity contribution in [3.63, 3.8) is 0 Å². The van der Waals surface area contributed by atoms with Gasteiger partial charge in [0.05, 0.1) is 0 Å². The highest BCUT2D eigenvalue weighted by Gasteiger charge is 2.03. The molecule has 0 saturated carbocycles. The third-order valence-electron chi connectivity index (χ3n) is 2.48. The Hall–Kier alpha value is 0.01000. The van der Waals surface area contributed by atoms with E-state index in [9.17, 15) is 0 Å². The summed E-state index contributed by atoms with van der Waals surface area (Å²) in [6, 6.07) is 6.68. The van der Waals surface area contributed by atoms with Crippen molar-refractivity contribution in [2.75, 3.05) is 12.3 Å². The molecule has 0 radical (unpaired) electrons. The Balaban J connectivity index is 2.51. The molecule has 0 amide bonds. The summed E-state index contributed by atoms with van der Waals surface area (Å²) in [6.07, 6.45) is 0. The second-order valence-electron chi connectivity index (χ2n) is 5.48. The minimum Gasteiger partial charge on any atom is -0.312 e. The van der Waals surface area contributed by atoms with E-state index in [0.29, 0.717) is 5.92 Å². The molecule has 0 aliphatic heterocycles. The molecule has 0 aliphatic carbocycles. The molecule has 1 rings (SSSR count). The molecule has 18 heavy (non-hydrogen) atoms. The zero-order chi connectivity index (χ0) is 13.5. The molecule has 0 aliphatic rings. The highest BCUT2D eigenvalue weighted by Crippen LogP contribution is 2.26. The molecule has 1 nitrogen and oxygen atoms in total. The number of halogens is 1. The third-order valence-corrected chi connectivity index (χ3v) is 4.63. The summed E-state index contributed by atoms with van der Waals surface area (Å²) in [6.45, 7) is 11.0. The predicted molar refractivity (Wildman–Crippen MR) is 86.2 cm³/mol. The van der Waals surface area contributed by atoms with Crippen LogP contribution >= 0.6 is 27.7 Å². The molecule has 0 spiro atoms. The maximum atomic E-state index is 3.67. The predicted octanol–water partition coefficient (Wildman–Crippen LogP) is 4.94. The minimum absolute atomic E-state index is 0.699. The lowest BCUT2D eigenvalue weighted by Gasteiger charge is -2.11. The van der Waals surface area contributed by atoms with Crippen LogP contribution in [0.4, 0.5) is 0 Å². The maximum absolute atomic E-state index is 3.67. The second-order valence-corrected chi connectivity index (χ2v) is 7.43. The number of hydrogen-bond acceptors (Lipinski definition) is 2. The molecular formula is C15H24BrNS. The fraction of sp³-hybridized carbons (Fsp3) is 0.600. The van der Waals surface area contributed by atoms with E-state index in [1.807, 2.05) is 11.8 Å². The maximum Gasteiger partial charge on any atom is 0.0231 e. The standard InChI is InChI=1S/C15H24BrNS/c1-11(2)8-17-9-13-5-6-14(7-15(13)16)18-10-12(3)4/h5-7,11-12,17H,8-10H2,1-4H3. The molecule has 0 aromatic heterocycles. The first-order valence-electron chi connectivity index (χ1n) is 6.61. The van der Waals surface area contributed by atoms with E-state index in [0.717, 1.165) is 19.0 Å². The molecule has 0 unspecified atom stereocenters. The molecule has 0 heterocycles. The zero-order valence-corrected chi connectivity index (χ0v) is 14.2. The number of nitrogens with one attached hydrogen (secondary N) is 1. The van der Waals surface area contributed by atoms with Crippen LogP contribution in [0.25, 0.3) is 0 Å². The summed E-state index contributed by atoms with van der Waals surface area (Å²) < 4.78 is 1.22. The van der Waals surface area contributed by atoms with Gasteiger partial charge in [-0.1, -0.05) is 49.7 Å². The summed E-state index contributed by atoms with van der Waals surface area (Å²) in [4.78, 5) is 1.35. The van der Waals surface area contributed by atoms with E-state index in [-0.39, 0.29) is 0 Å². The van der Waals surface area contributed by atoms with Crippen molar-refractivity contribution in [1.82, 2.24) is 5.32 Å². The Morgan fingerprint density at radius 1 is 1.17 bits per heavy atom. The largest absolute Gasteiger partial charge is 0.312 e. The lowest BCUT2D eigenvalue weighted by atomic mass is 10.2. The van der Waals surface area contributed by atoms with Gasteiger partial charge in [0.2, 0.25) is 0 Å². The molecular weight excluding hydrogens is 306 g/mol. The summed E-state index contributed by atoms with van der Waals surface area (Å²) in [7, 11) is 0. The van der Waals surface area contributed by atoms with Crippen LogP contribution in [0.1, 0.15) is 33.3 Å². The fourth-order valence-corrected chi connectivity index (χ4v) is 3.08. The molecule has 1 aromatic rings. The molecule has 3 heteroatoms. The number of thioether (sulfide) groups is 1. The van der Waals surface area contributed by atoms with Crippen molar-refractivity contribution in [2.45, 2.75) is 39.1 Å². The highest BCUT2D eigenvalue weighted by atomic mass is 79.9. The quantitative estimate of drug-likeness (QED) is 0.711. The summed E-state index contributed by atoms with van der Waals surface area (Å²) >= 11 is 5.60. The fourth-order valence-electron chi connectivity index (χ4n) is 1.52. The Morgan fingerprint density at radius 3 is 2.44 bits per heavy atom. The van der Waals surface area contributed by atoms with Gasteiger partial charge in [0, 0.05) is 21.7 Å². The molecule has 0 saturated heterocycles. The molecule has 0 fully saturated rings. The van der Waals surface area contributed by atoms with E-state index in [1.54, 1.807) is 0 Å². The van der Waals surface area contributed by atoms with Gasteiger partial charge in [0.15, 0.2) is 0 Å². The van der Waals surface area contributed by atoms with E-state index >= 15 is 0 Å². The molecule has 102 valence electrons. The van der Waals surface area contributed by atoms with Gasteiger partial charge < -0.3 is 5.32 Å². The van der Waals surface area contributed by atoms with E-state index < -0.39 is 0 Å². The van der Waals surface area contributed by atoms with Crippen LogP contribution in [-0.4, -0.2) is 12.3 Å². The second kappa shape index (κ2) is 8.23. The number of hydrogen-bond donors (Lipinski definition) is 1. The van der Waals surface area contributed by atoms with Crippen molar-refractivity contribution in [3.05, 3.63) is 28.2 Å². The van der Waals surface area contributed by atoms with Crippen molar-refractivity contribution in [2.24, 2.45) is 11.8 Å². The Labute approximate surface area is 124 Å². The normalized spacial score (nSPS) is 11.5. The topological polar surface area (TPSA) is 12.0 Å². The van der Waals surface area contributed by atoms with Gasteiger partial charge in [-0.2, -0.15) is 0 Å². The first-order chi connectivity index (χ1) is 8.49. The first kappa shape index (κ1) is 16.1. The van der Waals surface area contributed by atoms with Gasteiger partial charge in [0.1, 0.15) is 0 Å². The SMILES string of the molecule is CC(C)CNCc1ccc(SCC(C)C)cc1Br. The third kappa shape index (κ3) is 6.26. The van der Waals surface area contributed by atoms with Crippen molar-refractivity contribution >= 4 is 27.7 Å². The number of rotatable bonds is 7. The van der Waals surface area contributed by atoms with Gasteiger partial charge in [-0.3, -0.25) is 0 Å². The van der Waals surface area contributed by atoms with E-state index in [2.05, 4.69) is 67.1 Å². The Morgan fingerprint density at radius 2 is 1.89 bits per heavy atom. The van der Waals surface area contributed by atoms with Crippen LogP contribution in [0.2, 0.25) is 0 Å². The van der Waals surface area contributed by atoms with Gasteiger partial charge in [-0.15, -0.1) is 11.8 Å². The van der Waals surface area contributed by atoms with Crippen LogP contribution in [-0.2, 0) is 6.54 Å². The monoisotopic (exact) mass is 329 g/mol. The Kier molecular flexibility index (Phi) is 7.35. The van der Waals surface area contributed by atoms with Gasteiger partial charge in [-0.05, 0) is 36.1 Å². The smallest absolute Gasteiger partial charge is 0.0231 e. The van der Waals surface area contributed by atoms with Gasteiger partial charge in [-0.25, -0.2) is 0 Å². The van der Waals surface area contributed by atoms with Crippen LogP contribution in [0.15, 0.2) is 27.6 Å². The summed E-state index contributed by atoms with van der Waals surface area (Å²) in [5.41, 5.74) is 1.34. The van der Waals surface area contributed by atoms with Crippen molar-refractivity contribution in [1.29, 1.82) is 0 Å². The van der Waals surface area contributed by atoms with Gasteiger partial charge in [0.25, 0.3) is 0 Å². The van der Waals surface area contributed by atoms with E-state index in [4.69, 9.17) is 0 Å². The summed E-state index contributed by atoms with van der Waals surface area (Å²) in [5.74, 6) is 2.61. The lowest BCUT2D eigenvalue weighted by Crippen LogP contribution is -2.19. The van der Waals surface area contributed by atoms with Crippen LogP contribution < -0.4 is 5.32 Å². The molecule has 1 N–H and O–H groups in total. The van der Waals surface area contributed by atoms with Crippen LogP contribution in [0, 0.1) is 11.8 Å². The zero-order valence-electron chi connectivity index (χ0n) is 11.8. The first-order valence-corrected chi connectivity index (χ1v) is 8.38. The van der Waals surface area contributed by atoms with Gasteiger partial charge >= 0.3 is 0 Å². The van der Waals surface area contributed by atoms with Crippen LogP contribution in [0.3, 0.4) is 0 Å². The van der Waals surface area contributed by atoms with Crippen LogP contribution in [0.5, 0.6) is 0 Å². The molecule has 1 aromatic carbocycles. The average Bonchev–Trinajstić information content (AvgIpc) is 2.28. The van der Waals surface area contributed by atoms with Crippen molar-refractivity contribution < 1.29 is 0 Å². The average molecular weight is 330 g/mol. The lowest BCUT2D eigenvalue weighted by molar-refractivity contribution is 0.551. The van der Waals surface area contributed by atoms with E-state index in [1.165, 1.54) is 20.7 Å². The molecule has 0 atom stereocenters.